The molecule has 0 radical (unpaired) electrons. The van der Waals surface area contributed by atoms with Gasteiger partial charge in [-0.05, 0) is 124 Å². The molecule has 2 nitrogen and oxygen atoms in total. The molecule has 0 amide bonds. The molecule has 0 spiro atoms. The molecule has 0 aliphatic carbocycles. The summed E-state index contributed by atoms with van der Waals surface area (Å²) in [6, 6.07) is 14.0. The standard InChI is InChI=1S/C39H62N2.Ni/c1-7-13-19-25-39(41-37-29-27-33(21-15-9-3)35(31-37)23-17-11-5)38(24-18-12-6)40-36-28-26-32(20-14-8-2)34(30-36)22-16-10-4;/h26-31H,7-25H2,1-6H3;/b40-38+,41-39+;. The van der Waals surface area contributed by atoms with E-state index >= 15 is 0 Å². The summed E-state index contributed by atoms with van der Waals surface area (Å²) >= 11 is 0. The van der Waals surface area contributed by atoms with Crippen molar-refractivity contribution in [3.63, 3.8) is 0 Å². The van der Waals surface area contributed by atoms with Gasteiger partial charge in [-0.1, -0.05) is 98.6 Å². The van der Waals surface area contributed by atoms with Crippen molar-refractivity contribution >= 4 is 22.8 Å². The minimum atomic E-state index is 0. The van der Waals surface area contributed by atoms with Crippen LogP contribution in [0.5, 0.6) is 0 Å². The molecular weight excluding hydrogens is 555 g/mol. The molecule has 238 valence electrons. The monoisotopic (exact) mass is 616 g/mol. The first kappa shape index (κ1) is 38.3. The maximum absolute atomic E-state index is 5.39. The molecule has 0 saturated heterocycles. The van der Waals surface area contributed by atoms with E-state index in [0.717, 1.165) is 43.5 Å². The van der Waals surface area contributed by atoms with E-state index in [9.17, 15) is 0 Å². The molecule has 0 bridgehead atoms. The van der Waals surface area contributed by atoms with E-state index in [1.807, 2.05) is 0 Å². The van der Waals surface area contributed by atoms with Gasteiger partial charge in [-0.25, -0.2) is 0 Å². The van der Waals surface area contributed by atoms with E-state index in [0.29, 0.717) is 0 Å². The predicted octanol–water partition coefficient (Wildman–Crippen LogP) is 12.7. The van der Waals surface area contributed by atoms with Crippen LogP contribution in [0.25, 0.3) is 0 Å². The zero-order valence-electron chi connectivity index (χ0n) is 28.1. The van der Waals surface area contributed by atoms with Crippen molar-refractivity contribution in [3.05, 3.63) is 58.7 Å². The zero-order valence-corrected chi connectivity index (χ0v) is 29.1. The van der Waals surface area contributed by atoms with Crippen LogP contribution in [0.1, 0.15) is 160 Å². The van der Waals surface area contributed by atoms with Crippen molar-refractivity contribution in [2.45, 2.75) is 164 Å². The molecule has 0 heterocycles. The second kappa shape index (κ2) is 23.7. The van der Waals surface area contributed by atoms with Crippen LogP contribution in [-0.2, 0) is 42.2 Å². The number of aliphatic imine (C=N–C) groups is 2. The third kappa shape index (κ3) is 14.2. The van der Waals surface area contributed by atoms with E-state index in [1.165, 1.54) is 124 Å². The fourth-order valence-corrected chi connectivity index (χ4v) is 5.51. The topological polar surface area (TPSA) is 24.7 Å². The van der Waals surface area contributed by atoms with Crippen LogP contribution in [0, 0.1) is 0 Å². The van der Waals surface area contributed by atoms with Crippen molar-refractivity contribution in [1.82, 2.24) is 0 Å². The van der Waals surface area contributed by atoms with Crippen molar-refractivity contribution in [2.75, 3.05) is 0 Å². The Balaban J connectivity index is 0.00000882. The van der Waals surface area contributed by atoms with Gasteiger partial charge in [0, 0.05) is 16.5 Å². The molecule has 0 unspecified atom stereocenters. The number of hydrogen-bond donors (Lipinski definition) is 0. The Morgan fingerprint density at radius 3 is 1.17 bits per heavy atom. The Morgan fingerprint density at radius 1 is 0.429 bits per heavy atom. The summed E-state index contributed by atoms with van der Waals surface area (Å²) in [7, 11) is 0. The second-order valence-electron chi connectivity index (χ2n) is 12.0. The number of hydrogen-bond acceptors (Lipinski definition) is 2. The van der Waals surface area contributed by atoms with E-state index in [1.54, 1.807) is 0 Å². The van der Waals surface area contributed by atoms with Crippen LogP contribution in [0.15, 0.2) is 46.4 Å². The van der Waals surface area contributed by atoms with Gasteiger partial charge in [-0.2, -0.15) is 0 Å². The first-order valence-corrected chi connectivity index (χ1v) is 17.5. The van der Waals surface area contributed by atoms with Crippen LogP contribution in [-0.4, -0.2) is 11.4 Å². The molecule has 3 heteroatoms. The summed E-state index contributed by atoms with van der Waals surface area (Å²) in [5, 5.41) is 0. The summed E-state index contributed by atoms with van der Waals surface area (Å²) in [6.07, 6.45) is 22.6. The van der Waals surface area contributed by atoms with Crippen LogP contribution in [0.4, 0.5) is 11.4 Å². The maximum atomic E-state index is 5.39. The van der Waals surface area contributed by atoms with Gasteiger partial charge in [0.25, 0.3) is 0 Å². The first-order valence-electron chi connectivity index (χ1n) is 17.5. The molecule has 2 aromatic carbocycles. The Hall–Kier alpha value is -1.73. The minimum absolute atomic E-state index is 0. The van der Waals surface area contributed by atoms with E-state index in [2.05, 4.69) is 77.9 Å². The van der Waals surface area contributed by atoms with Crippen molar-refractivity contribution in [1.29, 1.82) is 0 Å². The SMILES string of the molecule is CCCCCC(=N\c1ccc(CCCC)c(CCCC)c1)/C(CCCC)=N/c1ccc(CCCC)c(CCCC)c1.[Ni]. The van der Waals surface area contributed by atoms with Crippen LogP contribution in [0.2, 0.25) is 0 Å². The van der Waals surface area contributed by atoms with E-state index < -0.39 is 0 Å². The third-order valence-electron chi connectivity index (χ3n) is 8.22. The zero-order chi connectivity index (χ0) is 29.7. The largest absolute Gasteiger partial charge is 0.252 e. The van der Waals surface area contributed by atoms with Gasteiger partial charge in [0.05, 0.1) is 22.8 Å². The summed E-state index contributed by atoms with van der Waals surface area (Å²) < 4.78 is 0. The summed E-state index contributed by atoms with van der Waals surface area (Å²) in [5.41, 5.74) is 10.7. The van der Waals surface area contributed by atoms with Gasteiger partial charge in [0.2, 0.25) is 0 Å². The van der Waals surface area contributed by atoms with Gasteiger partial charge in [-0.15, -0.1) is 0 Å². The number of aryl methyl sites for hydroxylation is 4. The fraction of sp³-hybridized carbons (Fsp3) is 0.641. The average Bonchev–Trinajstić information content (AvgIpc) is 2.99. The van der Waals surface area contributed by atoms with E-state index in [4.69, 9.17) is 9.98 Å². The second-order valence-corrected chi connectivity index (χ2v) is 12.0. The Kier molecular flexibility index (Phi) is 21.6. The molecule has 0 N–H and O–H groups in total. The van der Waals surface area contributed by atoms with Gasteiger partial charge in [-0.3, -0.25) is 9.98 Å². The molecule has 2 rings (SSSR count). The van der Waals surface area contributed by atoms with Gasteiger partial charge in [0.15, 0.2) is 0 Å². The number of nitrogens with zero attached hydrogens (tertiary/aromatic N) is 2. The molecule has 0 aliphatic rings. The van der Waals surface area contributed by atoms with Gasteiger partial charge in [0.1, 0.15) is 0 Å². The summed E-state index contributed by atoms with van der Waals surface area (Å²) in [6.45, 7) is 13.7. The molecule has 0 fully saturated rings. The third-order valence-corrected chi connectivity index (χ3v) is 8.22. The summed E-state index contributed by atoms with van der Waals surface area (Å²) in [4.78, 5) is 10.8. The van der Waals surface area contributed by atoms with Crippen molar-refractivity contribution in [3.8, 4) is 0 Å². The van der Waals surface area contributed by atoms with Crippen LogP contribution in [0.3, 0.4) is 0 Å². The predicted molar refractivity (Wildman–Crippen MR) is 185 cm³/mol. The minimum Gasteiger partial charge on any atom is -0.252 e. The smallest absolute Gasteiger partial charge is 0.0636 e. The molecule has 0 aromatic heterocycles. The number of unbranched alkanes of at least 4 members (excludes halogenated alkanes) is 7. The Labute approximate surface area is 270 Å². The molecule has 2 aromatic rings. The molecule has 0 aliphatic heterocycles. The molecule has 0 atom stereocenters. The molecule has 42 heavy (non-hydrogen) atoms. The normalized spacial score (nSPS) is 12.0. The first-order chi connectivity index (χ1) is 20.1. The van der Waals surface area contributed by atoms with Gasteiger partial charge < -0.3 is 0 Å². The number of rotatable bonds is 22. The number of benzene rings is 2. The van der Waals surface area contributed by atoms with Crippen LogP contribution < -0.4 is 0 Å². The Bertz CT molecular complexity index is 1050. The van der Waals surface area contributed by atoms with Crippen LogP contribution >= 0.6 is 0 Å². The quantitative estimate of drug-likeness (QED) is 0.0713. The van der Waals surface area contributed by atoms with Gasteiger partial charge >= 0.3 is 0 Å². The fourth-order valence-electron chi connectivity index (χ4n) is 5.51. The average molecular weight is 618 g/mol. The molecular formula is C39H62N2Ni. The Morgan fingerprint density at radius 2 is 0.786 bits per heavy atom. The summed E-state index contributed by atoms with van der Waals surface area (Å²) in [5.74, 6) is 0. The van der Waals surface area contributed by atoms with Crippen molar-refractivity contribution in [2.24, 2.45) is 9.98 Å². The maximum Gasteiger partial charge on any atom is 0.0636 e. The molecule has 0 saturated carbocycles. The van der Waals surface area contributed by atoms with Crippen molar-refractivity contribution < 1.29 is 16.5 Å². The van der Waals surface area contributed by atoms with E-state index in [-0.39, 0.29) is 16.5 Å².